The number of urea groups is 1. The number of nitrogens with one attached hydrogen (secondary N) is 2. The molecule has 4 heteroatoms. The molecule has 0 unspecified atom stereocenters. The molecule has 1 aliphatic rings. The number of hydrogen-bond acceptors (Lipinski definition) is 2. The Hall–Kier alpha value is -2.23. The van der Waals surface area contributed by atoms with Gasteiger partial charge in [0.15, 0.2) is 0 Å². The van der Waals surface area contributed by atoms with Crippen LogP contribution in [0.2, 0.25) is 0 Å². The van der Waals surface area contributed by atoms with Crippen LogP contribution in [0.4, 0.5) is 4.79 Å². The largest absolute Gasteiger partial charge is 0.469 e. The van der Waals surface area contributed by atoms with Crippen molar-refractivity contribution in [2.45, 2.75) is 45.2 Å². The Morgan fingerprint density at radius 2 is 2.00 bits per heavy atom. The first-order chi connectivity index (χ1) is 11.1. The molecule has 4 nitrogen and oxygen atoms in total. The summed E-state index contributed by atoms with van der Waals surface area (Å²) >= 11 is 0. The lowest BCUT2D eigenvalue weighted by Crippen LogP contribution is -2.42. The molecule has 2 amide bonds. The monoisotopic (exact) mass is 312 g/mol. The summed E-state index contributed by atoms with van der Waals surface area (Å²) < 4.78 is 5.48. The van der Waals surface area contributed by atoms with Gasteiger partial charge in [0.2, 0.25) is 0 Å². The quantitative estimate of drug-likeness (QED) is 0.881. The average Bonchev–Trinajstić information content (AvgIpc) is 3.03. The number of carbonyl (C=O) groups is 1. The molecule has 0 radical (unpaired) electrons. The van der Waals surface area contributed by atoms with Crippen molar-refractivity contribution < 1.29 is 9.21 Å². The van der Waals surface area contributed by atoms with Gasteiger partial charge in [0.1, 0.15) is 5.76 Å². The lowest BCUT2D eigenvalue weighted by Gasteiger charge is -2.27. The van der Waals surface area contributed by atoms with Crippen molar-refractivity contribution in [2.75, 3.05) is 0 Å². The first-order valence-corrected chi connectivity index (χ1v) is 8.33. The SMILES string of the molecule is CC(C)[C@H](NC(=O)N[C@@H]1CCCc2occc21)c1ccccc1. The fourth-order valence-electron chi connectivity index (χ4n) is 3.27. The fourth-order valence-corrected chi connectivity index (χ4v) is 3.27. The van der Waals surface area contributed by atoms with Crippen LogP contribution in [0.25, 0.3) is 0 Å². The highest BCUT2D eigenvalue weighted by molar-refractivity contribution is 5.75. The van der Waals surface area contributed by atoms with Crippen LogP contribution in [0.15, 0.2) is 47.1 Å². The Balaban J connectivity index is 1.67. The highest BCUT2D eigenvalue weighted by Crippen LogP contribution is 2.30. The van der Waals surface area contributed by atoms with E-state index >= 15 is 0 Å². The van der Waals surface area contributed by atoms with Gasteiger partial charge in [-0.3, -0.25) is 0 Å². The van der Waals surface area contributed by atoms with Crippen LogP contribution in [-0.4, -0.2) is 6.03 Å². The van der Waals surface area contributed by atoms with Crippen LogP contribution < -0.4 is 10.6 Å². The first-order valence-electron chi connectivity index (χ1n) is 8.33. The van der Waals surface area contributed by atoms with Crippen molar-refractivity contribution in [3.05, 3.63) is 59.5 Å². The molecule has 23 heavy (non-hydrogen) atoms. The fraction of sp³-hybridized carbons (Fsp3) is 0.421. The molecular formula is C19H24N2O2. The Morgan fingerprint density at radius 1 is 1.22 bits per heavy atom. The molecule has 0 spiro atoms. The smallest absolute Gasteiger partial charge is 0.315 e. The summed E-state index contributed by atoms with van der Waals surface area (Å²) in [6, 6.07) is 12.0. The van der Waals surface area contributed by atoms with E-state index in [4.69, 9.17) is 4.42 Å². The summed E-state index contributed by atoms with van der Waals surface area (Å²) in [5, 5.41) is 6.23. The summed E-state index contributed by atoms with van der Waals surface area (Å²) in [5.74, 6) is 1.32. The van der Waals surface area contributed by atoms with E-state index in [2.05, 4.69) is 36.6 Å². The minimum Gasteiger partial charge on any atom is -0.469 e. The molecular weight excluding hydrogens is 288 g/mol. The lowest BCUT2D eigenvalue weighted by atomic mass is 9.93. The van der Waals surface area contributed by atoms with E-state index in [1.54, 1.807) is 6.26 Å². The van der Waals surface area contributed by atoms with Crippen molar-refractivity contribution in [2.24, 2.45) is 5.92 Å². The Morgan fingerprint density at radius 3 is 2.74 bits per heavy atom. The normalized spacial score (nSPS) is 18.3. The Bertz CT molecular complexity index is 648. The number of rotatable bonds is 4. The number of aryl methyl sites for hydroxylation is 1. The predicted molar refractivity (Wildman–Crippen MR) is 90.1 cm³/mol. The summed E-state index contributed by atoms with van der Waals surface area (Å²) in [4.78, 5) is 12.5. The molecule has 0 fully saturated rings. The highest BCUT2D eigenvalue weighted by atomic mass is 16.3. The molecule has 0 aliphatic heterocycles. The van der Waals surface area contributed by atoms with E-state index in [1.807, 2.05) is 24.3 Å². The van der Waals surface area contributed by atoms with Crippen molar-refractivity contribution in [3.63, 3.8) is 0 Å². The molecule has 1 heterocycles. The third-order valence-corrected chi connectivity index (χ3v) is 4.47. The number of furan rings is 1. The second-order valence-electron chi connectivity index (χ2n) is 6.49. The number of benzene rings is 1. The molecule has 122 valence electrons. The number of hydrogen-bond donors (Lipinski definition) is 2. The lowest BCUT2D eigenvalue weighted by molar-refractivity contribution is 0.227. The minimum absolute atomic E-state index is 0.00334. The second-order valence-corrected chi connectivity index (χ2v) is 6.49. The molecule has 0 saturated carbocycles. The molecule has 1 aromatic heterocycles. The topological polar surface area (TPSA) is 54.3 Å². The van der Waals surface area contributed by atoms with Gasteiger partial charge in [0, 0.05) is 12.0 Å². The van der Waals surface area contributed by atoms with Gasteiger partial charge in [-0.1, -0.05) is 44.2 Å². The summed E-state index contributed by atoms with van der Waals surface area (Å²) in [7, 11) is 0. The highest BCUT2D eigenvalue weighted by Gasteiger charge is 2.25. The minimum atomic E-state index is -0.119. The van der Waals surface area contributed by atoms with Crippen molar-refractivity contribution in [1.29, 1.82) is 0 Å². The van der Waals surface area contributed by atoms with Crippen LogP contribution in [-0.2, 0) is 6.42 Å². The van der Waals surface area contributed by atoms with Crippen LogP contribution in [0, 0.1) is 5.92 Å². The van der Waals surface area contributed by atoms with Crippen molar-refractivity contribution in [3.8, 4) is 0 Å². The van der Waals surface area contributed by atoms with E-state index < -0.39 is 0 Å². The molecule has 2 atom stereocenters. The van der Waals surface area contributed by atoms with Gasteiger partial charge in [-0.2, -0.15) is 0 Å². The van der Waals surface area contributed by atoms with Crippen molar-refractivity contribution in [1.82, 2.24) is 10.6 Å². The number of amides is 2. The van der Waals surface area contributed by atoms with Gasteiger partial charge < -0.3 is 15.1 Å². The molecule has 2 aromatic rings. The maximum atomic E-state index is 12.5. The molecule has 0 bridgehead atoms. The van der Waals surface area contributed by atoms with E-state index in [0.29, 0.717) is 5.92 Å². The van der Waals surface area contributed by atoms with E-state index in [1.165, 1.54) is 0 Å². The zero-order valence-electron chi connectivity index (χ0n) is 13.7. The zero-order chi connectivity index (χ0) is 16.2. The summed E-state index contributed by atoms with van der Waals surface area (Å²) in [5.41, 5.74) is 2.25. The van der Waals surface area contributed by atoms with Crippen LogP contribution in [0.5, 0.6) is 0 Å². The zero-order valence-corrected chi connectivity index (χ0v) is 13.7. The van der Waals surface area contributed by atoms with Crippen LogP contribution in [0.1, 0.15) is 55.7 Å². The van der Waals surface area contributed by atoms with Gasteiger partial charge in [-0.05, 0) is 30.4 Å². The Labute approximate surface area is 137 Å². The molecule has 1 aromatic carbocycles. The van der Waals surface area contributed by atoms with Crippen molar-refractivity contribution >= 4 is 6.03 Å². The standard InChI is InChI=1S/C19H24N2O2/c1-13(2)18(14-7-4-3-5-8-14)21-19(22)20-16-9-6-10-17-15(16)11-12-23-17/h3-5,7-8,11-13,16,18H,6,9-10H2,1-2H3,(H2,20,21,22)/t16-,18+/m1/s1. The van der Waals surface area contributed by atoms with Gasteiger partial charge in [-0.25, -0.2) is 4.79 Å². The summed E-state index contributed by atoms with van der Waals surface area (Å²) in [6.07, 6.45) is 4.67. The maximum absolute atomic E-state index is 12.5. The van der Waals surface area contributed by atoms with E-state index in [-0.39, 0.29) is 18.1 Å². The third-order valence-electron chi connectivity index (χ3n) is 4.47. The maximum Gasteiger partial charge on any atom is 0.315 e. The number of carbonyl (C=O) groups excluding carboxylic acids is 1. The first kappa shape index (κ1) is 15.7. The molecule has 1 aliphatic carbocycles. The van der Waals surface area contributed by atoms with E-state index in [9.17, 15) is 4.79 Å². The second kappa shape index (κ2) is 6.90. The van der Waals surface area contributed by atoms with Gasteiger partial charge in [0.05, 0.1) is 18.3 Å². The van der Waals surface area contributed by atoms with Crippen LogP contribution >= 0.6 is 0 Å². The van der Waals surface area contributed by atoms with Gasteiger partial charge in [0.25, 0.3) is 0 Å². The number of fused-ring (bicyclic) bond motifs is 1. The average molecular weight is 312 g/mol. The Kier molecular flexibility index (Phi) is 4.70. The third kappa shape index (κ3) is 3.58. The molecule has 2 N–H and O–H groups in total. The molecule has 0 saturated heterocycles. The van der Waals surface area contributed by atoms with Gasteiger partial charge >= 0.3 is 6.03 Å². The van der Waals surface area contributed by atoms with Crippen LogP contribution in [0.3, 0.4) is 0 Å². The van der Waals surface area contributed by atoms with Gasteiger partial charge in [-0.15, -0.1) is 0 Å². The summed E-state index contributed by atoms with van der Waals surface area (Å²) in [6.45, 7) is 4.24. The predicted octanol–water partition coefficient (Wildman–Crippen LogP) is 4.35. The molecule has 3 rings (SSSR count). The van der Waals surface area contributed by atoms with E-state index in [0.717, 1.165) is 36.1 Å².